The number of aromatic nitrogens is 1. The molecule has 1 aliphatic heterocycles. The zero-order valence-corrected chi connectivity index (χ0v) is 16.2. The lowest BCUT2D eigenvalue weighted by Crippen LogP contribution is -2.38. The number of nitrogens with one attached hydrogen (secondary N) is 1. The number of anilines is 2. The number of carbonyl (C=O) groups is 1. The average molecular weight is 425 g/mol. The van der Waals surface area contributed by atoms with E-state index in [9.17, 15) is 4.79 Å². The second-order valence-corrected chi connectivity index (χ2v) is 7.17. The van der Waals surface area contributed by atoms with Crippen molar-refractivity contribution in [2.45, 2.75) is 12.8 Å². The highest BCUT2D eigenvalue weighted by atomic mass is 79.9. The van der Waals surface area contributed by atoms with Crippen LogP contribution in [0.1, 0.15) is 12.8 Å². The molecule has 5 nitrogen and oxygen atoms in total. The first-order valence-electron chi connectivity index (χ1n) is 8.08. The van der Waals surface area contributed by atoms with E-state index in [2.05, 4.69) is 31.1 Å². The van der Waals surface area contributed by atoms with E-state index in [0.29, 0.717) is 16.5 Å². The van der Waals surface area contributed by atoms with Crippen molar-refractivity contribution in [2.24, 2.45) is 5.92 Å². The lowest BCUT2D eigenvalue weighted by Gasteiger charge is -2.32. The molecule has 132 valence electrons. The number of piperidine rings is 1. The van der Waals surface area contributed by atoms with Gasteiger partial charge < -0.3 is 15.0 Å². The molecule has 1 N–H and O–H groups in total. The number of amides is 1. The fraction of sp³-hybridized carbons (Fsp3) is 0.333. The molecule has 0 spiro atoms. The van der Waals surface area contributed by atoms with Crippen LogP contribution in [-0.4, -0.2) is 31.1 Å². The van der Waals surface area contributed by atoms with E-state index in [1.54, 1.807) is 31.5 Å². The van der Waals surface area contributed by atoms with Crippen LogP contribution in [0.2, 0.25) is 5.02 Å². The molecule has 1 aromatic carbocycles. The van der Waals surface area contributed by atoms with Crippen molar-refractivity contribution in [3.8, 4) is 5.75 Å². The standard InChI is InChI=1S/C18H19BrClN3O2/c1-25-16-5-4-13(11-15(16)20)22-18(24)12-6-9-23(10-7-12)17-14(19)3-2-8-21-17/h2-5,8,11-12H,6-7,9-10H2,1H3,(H,22,24). The number of rotatable bonds is 4. The Kier molecular flexibility index (Phi) is 5.81. The van der Waals surface area contributed by atoms with Crippen LogP contribution < -0.4 is 15.0 Å². The van der Waals surface area contributed by atoms with Gasteiger partial charge in [-0.25, -0.2) is 4.98 Å². The van der Waals surface area contributed by atoms with Gasteiger partial charge in [-0.15, -0.1) is 0 Å². The van der Waals surface area contributed by atoms with Gasteiger partial charge in [0.15, 0.2) is 0 Å². The summed E-state index contributed by atoms with van der Waals surface area (Å²) in [5.74, 6) is 1.54. The summed E-state index contributed by atoms with van der Waals surface area (Å²) in [5.41, 5.74) is 0.686. The largest absolute Gasteiger partial charge is 0.495 e. The molecule has 0 saturated carbocycles. The van der Waals surface area contributed by atoms with E-state index >= 15 is 0 Å². The second kappa shape index (κ2) is 8.06. The molecule has 25 heavy (non-hydrogen) atoms. The first-order valence-corrected chi connectivity index (χ1v) is 9.25. The maximum atomic E-state index is 12.5. The number of carbonyl (C=O) groups excluding carboxylic acids is 1. The lowest BCUT2D eigenvalue weighted by molar-refractivity contribution is -0.120. The van der Waals surface area contributed by atoms with Crippen LogP contribution in [0.5, 0.6) is 5.75 Å². The number of hydrogen-bond acceptors (Lipinski definition) is 4. The van der Waals surface area contributed by atoms with Crippen LogP contribution in [0.4, 0.5) is 11.5 Å². The van der Waals surface area contributed by atoms with Crippen molar-refractivity contribution in [3.05, 3.63) is 46.0 Å². The Morgan fingerprint density at radius 1 is 1.36 bits per heavy atom. The van der Waals surface area contributed by atoms with Crippen LogP contribution in [0, 0.1) is 5.92 Å². The van der Waals surface area contributed by atoms with Gasteiger partial charge in [0, 0.05) is 30.9 Å². The molecule has 3 rings (SSSR count). The molecule has 0 atom stereocenters. The predicted molar refractivity (Wildman–Crippen MR) is 104 cm³/mol. The Balaban J connectivity index is 1.58. The van der Waals surface area contributed by atoms with Crippen LogP contribution in [0.25, 0.3) is 0 Å². The Bertz CT molecular complexity index is 764. The molecule has 7 heteroatoms. The zero-order valence-electron chi connectivity index (χ0n) is 13.8. The van der Waals surface area contributed by atoms with Crippen LogP contribution in [0.15, 0.2) is 41.0 Å². The fourth-order valence-electron chi connectivity index (χ4n) is 2.95. The molecule has 1 amide bonds. The van der Waals surface area contributed by atoms with Crippen molar-refractivity contribution in [1.29, 1.82) is 0 Å². The number of methoxy groups -OCH3 is 1. The molecule has 0 aliphatic carbocycles. The molecule has 1 aromatic heterocycles. The summed E-state index contributed by atoms with van der Waals surface area (Å²) >= 11 is 9.64. The Morgan fingerprint density at radius 3 is 2.76 bits per heavy atom. The number of pyridine rings is 1. The van der Waals surface area contributed by atoms with Gasteiger partial charge in [-0.1, -0.05) is 11.6 Å². The Labute approximate surface area is 160 Å². The van der Waals surface area contributed by atoms with Crippen molar-refractivity contribution in [2.75, 3.05) is 30.4 Å². The number of benzene rings is 1. The van der Waals surface area contributed by atoms with Gasteiger partial charge in [0.25, 0.3) is 0 Å². The lowest BCUT2D eigenvalue weighted by atomic mass is 9.96. The SMILES string of the molecule is COc1ccc(NC(=O)C2CCN(c3ncccc3Br)CC2)cc1Cl. The zero-order chi connectivity index (χ0) is 17.8. The molecular formula is C18H19BrClN3O2. The maximum Gasteiger partial charge on any atom is 0.227 e. The highest BCUT2D eigenvalue weighted by Gasteiger charge is 2.26. The smallest absolute Gasteiger partial charge is 0.227 e. The van der Waals surface area contributed by atoms with Crippen LogP contribution in [0.3, 0.4) is 0 Å². The molecule has 0 unspecified atom stereocenters. The Hall–Kier alpha value is -1.79. The van der Waals surface area contributed by atoms with Crippen LogP contribution in [-0.2, 0) is 4.79 Å². The minimum atomic E-state index is -0.0142. The van der Waals surface area contributed by atoms with Gasteiger partial charge in [0.2, 0.25) is 5.91 Å². The summed E-state index contributed by atoms with van der Waals surface area (Å²) in [4.78, 5) is 19.1. The highest BCUT2D eigenvalue weighted by molar-refractivity contribution is 9.10. The average Bonchev–Trinajstić information content (AvgIpc) is 2.62. The van der Waals surface area contributed by atoms with Crippen molar-refractivity contribution in [3.63, 3.8) is 0 Å². The summed E-state index contributed by atoms with van der Waals surface area (Å²) in [6.45, 7) is 1.61. The van der Waals surface area contributed by atoms with Gasteiger partial charge in [-0.2, -0.15) is 0 Å². The van der Waals surface area contributed by atoms with E-state index in [-0.39, 0.29) is 11.8 Å². The van der Waals surface area contributed by atoms with Gasteiger partial charge in [0.05, 0.1) is 16.6 Å². The third-order valence-electron chi connectivity index (χ3n) is 4.32. The summed E-state index contributed by atoms with van der Waals surface area (Å²) in [6.07, 6.45) is 3.36. The molecule has 1 saturated heterocycles. The topological polar surface area (TPSA) is 54.5 Å². The van der Waals surface area contributed by atoms with Gasteiger partial charge in [0.1, 0.15) is 11.6 Å². The highest BCUT2D eigenvalue weighted by Crippen LogP contribution is 2.30. The molecule has 0 bridgehead atoms. The van der Waals surface area contributed by atoms with Gasteiger partial charge >= 0.3 is 0 Å². The van der Waals surface area contributed by atoms with Crippen molar-refractivity contribution < 1.29 is 9.53 Å². The molecule has 1 aliphatic rings. The maximum absolute atomic E-state index is 12.5. The monoisotopic (exact) mass is 423 g/mol. The molecule has 0 radical (unpaired) electrons. The number of hydrogen-bond donors (Lipinski definition) is 1. The molecule has 2 heterocycles. The van der Waals surface area contributed by atoms with E-state index in [4.69, 9.17) is 16.3 Å². The quantitative estimate of drug-likeness (QED) is 0.792. The first-order chi connectivity index (χ1) is 12.1. The van der Waals surface area contributed by atoms with Gasteiger partial charge in [-0.3, -0.25) is 4.79 Å². The summed E-state index contributed by atoms with van der Waals surface area (Å²) in [6, 6.07) is 9.13. The first kappa shape index (κ1) is 18.0. The van der Waals surface area contributed by atoms with E-state index < -0.39 is 0 Å². The third-order valence-corrected chi connectivity index (χ3v) is 5.24. The third kappa shape index (κ3) is 4.25. The predicted octanol–water partition coefficient (Wildman–Crippen LogP) is 4.36. The van der Waals surface area contributed by atoms with E-state index in [0.717, 1.165) is 36.2 Å². The Morgan fingerprint density at radius 2 is 2.12 bits per heavy atom. The number of halogens is 2. The summed E-state index contributed by atoms with van der Waals surface area (Å²) in [5, 5.41) is 3.43. The minimum Gasteiger partial charge on any atom is -0.495 e. The summed E-state index contributed by atoms with van der Waals surface area (Å²) < 4.78 is 6.10. The second-order valence-electron chi connectivity index (χ2n) is 5.91. The number of ether oxygens (including phenoxy) is 1. The van der Waals surface area contributed by atoms with Crippen molar-refractivity contribution >= 4 is 44.9 Å². The van der Waals surface area contributed by atoms with E-state index in [1.807, 2.05) is 12.1 Å². The molecular weight excluding hydrogens is 406 g/mol. The van der Waals surface area contributed by atoms with Crippen molar-refractivity contribution in [1.82, 2.24) is 4.98 Å². The fourth-order valence-corrected chi connectivity index (χ4v) is 3.72. The molecule has 1 fully saturated rings. The summed E-state index contributed by atoms with van der Waals surface area (Å²) in [7, 11) is 1.56. The van der Waals surface area contributed by atoms with E-state index in [1.165, 1.54) is 0 Å². The number of nitrogens with zero attached hydrogens (tertiary/aromatic N) is 2. The normalized spacial score (nSPS) is 15.1. The molecule has 2 aromatic rings. The van der Waals surface area contributed by atoms with Gasteiger partial charge in [-0.05, 0) is 59.1 Å². The minimum absolute atomic E-state index is 0.0142. The van der Waals surface area contributed by atoms with Crippen LogP contribution >= 0.6 is 27.5 Å².